The summed E-state index contributed by atoms with van der Waals surface area (Å²) in [5.41, 5.74) is 3.67. The molecule has 2 aromatic carbocycles. The summed E-state index contributed by atoms with van der Waals surface area (Å²) in [7, 11) is 0. The minimum Gasteiger partial charge on any atom is -0.350 e. The monoisotopic (exact) mass is 429 g/mol. The second kappa shape index (κ2) is 9.30. The average molecular weight is 429 g/mol. The number of amides is 4. The number of aryl methyl sites for hydroxylation is 1. The number of nitrogens with zero attached hydrogens (tertiary/aromatic N) is 3. The van der Waals surface area contributed by atoms with Crippen molar-refractivity contribution < 1.29 is 14.4 Å². The number of urea groups is 1. The highest BCUT2D eigenvalue weighted by molar-refractivity contribution is 6.15. The summed E-state index contributed by atoms with van der Waals surface area (Å²) >= 11 is 0. The molecule has 0 aliphatic carbocycles. The van der Waals surface area contributed by atoms with Crippen LogP contribution in [-0.2, 0) is 16.1 Å². The van der Waals surface area contributed by atoms with E-state index in [1.54, 1.807) is 42.7 Å². The van der Waals surface area contributed by atoms with E-state index in [4.69, 9.17) is 0 Å². The van der Waals surface area contributed by atoms with Gasteiger partial charge in [-0.25, -0.2) is 4.79 Å². The van der Waals surface area contributed by atoms with Gasteiger partial charge in [-0.15, -0.1) is 0 Å². The van der Waals surface area contributed by atoms with Crippen molar-refractivity contribution in [3.05, 3.63) is 84.2 Å². The molecule has 8 nitrogen and oxygen atoms in total. The van der Waals surface area contributed by atoms with Crippen molar-refractivity contribution >= 4 is 34.9 Å². The second-order valence-electron chi connectivity index (χ2n) is 7.49. The lowest BCUT2D eigenvalue weighted by molar-refractivity contribution is -0.123. The van der Waals surface area contributed by atoms with Crippen LogP contribution in [0.15, 0.2) is 73.1 Å². The van der Waals surface area contributed by atoms with Crippen LogP contribution in [0.25, 0.3) is 0 Å². The van der Waals surface area contributed by atoms with Gasteiger partial charge in [-0.3, -0.25) is 24.4 Å². The van der Waals surface area contributed by atoms with Crippen molar-refractivity contribution in [3.63, 3.8) is 0 Å². The van der Waals surface area contributed by atoms with Crippen LogP contribution in [0, 0.1) is 6.92 Å². The average Bonchev–Trinajstić information content (AvgIpc) is 2.81. The van der Waals surface area contributed by atoms with Crippen molar-refractivity contribution in [3.8, 4) is 0 Å². The molecule has 0 unspecified atom stereocenters. The van der Waals surface area contributed by atoms with Crippen molar-refractivity contribution in [2.75, 3.05) is 28.2 Å². The highest BCUT2D eigenvalue weighted by atomic mass is 16.2. The molecular weight excluding hydrogens is 406 g/mol. The van der Waals surface area contributed by atoms with Crippen LogP contribution in [0.2, 0.25) is 0 Å². The lowest BCUT2D eigenvalue weighted by Crippen LogP contribution is -2.51. The fraction of sp³-hybridized carbons (Fsp3) is 0.167. The predicted octanol–water partition coefficient (Wildman–Crippen LogP) is 3.09. The van der Waals surface area contributed by atoms with Gasteiger partial charge in [-0.2, -0.15) is 0 Å². The molecule has 1 aliphatic rings. The molecule has 0 fully saturated rings. The zero-order chi connectivity index (χ0) is 22.5. The molecule has 162 valence electrons. The third kappa shape index (κ3) is 4.75. The molecule has 0 saturated heterocycles. The largest absolute Gasteiger partial charge is 0.350 e. The summed E-state index contributed by atoms with van der Waals surface area (Å²) in [4.78, 5) is 45.1. The Balaban J connectivity index is 1.48. The van der Waals surface area contributed by atoms with Crippen molar-refractivity contribution in [1.82, 2.24) is 10.3 Å². The summed E-state index contributed by atoms with van der Waals surface area (Å²) < 4.78 is 0. The minimum absolute atomic E-state index is 0.135. The molecule has 32 heavy (non-hydrogen) atoms. The fourth-order valence-corrected chi connectivity index (χ4v) is 3.45. The van der Waals surface area contributed by atoms with Gasteiger partial charge in [0.25, 0.3) is 0 Å². The van der Waals surface area contributed by atoms with E-state index in [0.717, 1.165) is 11.1 Å². The third-order valence-corrected chi connectivity index (χ3v) is 5.12. The molecule has 4 amide bonds. The number of para-hydroxylation sites is 2. The zero-order valence-corrected chi connectivity index (χ0v) is 17.6. The van der Waals surface area contributed by atoms with Crippen molar-refractivity contribution in [2.45, 2.75) is 13.5 Å². The summed E-state index contributed by atoms with van der Waals surface area (Å²) in [5, 5.41) is 5.63. The number of pyridine rings is 1. The van der Waals surface area contributed by atoms with Gasteiger partial charge in [-0.1, -0.05) is 35.9 Å². The topological polar surface area (TPSA) is 94.6 Å². The Morgan fingerprint density at radius 1 is 1.00 bits per heavy atom. The Kier molecular flexibility index (Phi) is 6.12. The summed E-state index contributed by atoms with van der Waals surface area (Å²) in [6.07, 6.45) is 3.33. The van der Waals surface area contributed by atoms with E-state index in [0.29, 0.717) is 23.6 Å². The van der Waals surface area contributed by atoms with Crippen LogP contribution < -0.4 is 20.4 Å². The number of rotatable bonds is 5. The first-order valence-electron chi connectivity index (χ1n) is 10.2. The van der Waals surface area contributed by atoms with Gasteiger partial charge in [-0.05, 0) is 42.8 Å². The van der Waals surface area contributed by atoms with Gasteiger partial charge in [0.15, 0.2) is 0 Å². The lowest BCUT2D eigenvalue weighted by Gasteiger charge is -2.35. The number of carbonyl (C=O) groups is 3. The van der Waals surface area contributed by atoms with Gasteiger partial charge in [0.2, 0.25) is 11.8 Å². The predicted molar refractivity (Wildman–Crippen MR) is 122 cm³/mol. The molecule has 0 spiro atoms. The van der Waals surface area contributed by atoms with E-state index < -0.39 is 6.03 Å². The number of carbonyl (C=O) groups excluding carboxylic acids is 3. The molecule has 3 aromatic rings. The molecule has 0 saturated carbocycles. The number of anilines is 3. The first-order chi connectivity index (χ1) is 15.5. The van der Waals surface area contributed by atoms with E-state index in [1.165, 1.54) is 9.80 Å². The Labute approximate surface area is 185 Å². The van der Waals surface area contributed by atoms with Gasteiger partial charge in [0.05, 0.1) is 11.4 Å². The maximum Gasteiger partial charge on any atom is 0.326 e. The van der Waals surface area contributed by atoms with Gasteiger partial charge in [0.1, 0.15) is 13.1 Å². The Morgan fingerprint density at radius 2 is 1.75 bits per heavy atom. The number of hydrogen-bond donors (Lipinski definition) is 2. The molecular formula is C24H23N5O3. The standard InChI is InChI=1S/C24H23N5O3/c1-17-8-10-19(11-9-17)27-24(32)29-16-23(31)28(20-6-2-3-7-21(20)29)15-22(30)26-14-18-5-4-12-25-13-18/h2-13H,14-16H2,1H3,(H,26,30)(H,27,32). The Bertz CT molecular complexity index is 1130. The minimum atomic E-state index is -0.407. The molecule has 1 aliphatic heterocycles. The summed E-state index contributed by atoms with van der Waals surface area (Å²) in [6, 6.07) is 17.7. The molecule has 0 radical (unpaired) electrons. The van der Waals surface area contributed by atoms with Crippen LogP contribution in [-0.4, -0.2) is 35.9 Å². The molecule has 0 bridgehead atoms. The summed E-state index contributed by atoms with van der Waals surface area (Å²) in [5.74, 6) is -0.631. The molecule has 2 heterocycles. The Morgan fingerprint density at radius 3 is 2.47 bits per heavy atom. The first-order valence-corrected chi connectivity index (χ1v) is 10.2. The molecule has 2 N–H and O–H groups in total. The number of nitrogens with one attached hydrogen (secondary N) is 2. The van der Waals surface area contributed by atoms with Crippen LogP contribution >= 0.6 is 0 Å². The maximum absolute atomic E-state index is 12.9. The molecule has 8 heteroatoms. The highest BCUT2D eigenvalue weighted by Crippen LogP contribution is 2.33. The first kappa shape index (κ1) is 21.0. The molecule has 0 atom stereocenters. The third-order valence-electron chi connectivity index (χ3n) is 5.12. The number of benzene rings is 2. The van der Waals surface area contributed by atoms with Gasteiger partial charge < -0.3 is 10.6 Å². The van der Waals surface area contributed by atoms with Crippen LogP contribution in [0.3, 0.4) is 0 Å². The van der Waals surface area contributed by atoms with Gasteiger partial charge >= 0.3 is 6.03 Å². The van der Waals surface area contributed by atoms with Crippen LogP contribution in [0.4, 0.5) is 21.9 Å². The smallest absolute Gasteiger partial charge is 0.326 e. The van der Waals surface area contributed by atoms with E-state index in [9.17, 15) is 14.4 Å². The van der Waals surface area contributed by atoms with Crippen molar-refractivity contribution in [2.24, 2.45) is 0 Å². The Hall–Kier alpha value is -4.20. The van der Waals surface area contributed by atoms with E-state index in [2.05, 4.69) is 15.6 Å². The van der Waals surface area contributed by atoms with E-state index in [1.807, 2.05) is 37.3 Å². The number of fused-ring (bicyclic) bond motifs is 1. The van der Waals surface area contributed by atoms with E-state index in [-0.39, 0.29) is 24.9 Å². The summed E-state index contributed by atoms with van der Waals surface area (Å²) in [6.45, 7) is 1.99. The lowest BCUT2D eigenvalue weighted by atomic mass is 10.1. The fourth-order valence-electron chi connectivity index (χ4n) is 3.45. The number of hydrogen-bond acceptors (Lipinski definition) is 4. The van der Waals surface area contributed by atoms with Crippen LogP contribution in [0.1, 0.15) is 11.1 Å². The number of aromatic nitrogens is 1. The highest BCUT2D eigenvalue weighted by Gasteiger charge is 2.33. The molecule has 4 rings (SSSR count). The van der Waals surface area contributed by atoms with E-state index >= 15 is 0 Å². The maximum atomic E-state index is 12.9. The zero-order valence-electron chi connectivity index (χ0n) is 17.6. The normalized spacial score (nSPS) is 12.8. The molecule has 1 aromatic heterocycles. The van der Waals surface area contributed by atoms with Crippen molar-refractivity contribution in [1.29, 1.82) is 0 Å². The SMILES string of the molecule is Cc1ccc(NC(=O)N2CC(=O)N(CC(=O)NCc3cccnc3)c3ccccc32)cc1. The van der Waals surface area contributed by atoms with Gasteiger partial charge in [0, 0.05) is 24.6 Å². The quantitative estimate of drug-likeness (QED) is 0.652. The second-order valence-corrected chi connectivity index (χ2v) is 7.49. The van der Waals surface area contributed by atoms with Crippen LogP contribution in [0.5, 0.6) is 0 Å².